The van der Waals surface area contributed by atoms with Crippen LogP contribution >= 0.6 is 0 Å². The van der Waals surface area contributed by atoms with Gasteiger partial charge in [0.15, 0.2) is 5.79 Å². The molecule has 17 heavy (non-hydrogen) atoms. The molecule has 2 saturated heterocycles. The lowest BCUT2D eigenvalue weighted by atomic mass is 9.94. The van der Waals surface area contributed by atoms with E-state index >= 15 is 0 Å². The molecule has 0 saturated carbocycles. The Balaban J connectivity index is 2.08. The largest absolute Gasteiger partial charge is 0.394 e. The number of nitrogens with zero attached hydrogens (tertiary/aromatic N) is 1. The van der Waals surface area contributed by atoms with E-state index in [1.807, 2.05) is 6.92 Å². The fourth-order valence-electron chi connectivity index (χ4n) is 3.06. The first-order chi connectivity index (χ1) is 8.07. The summed E-state index contributed by atoms with van der Waals surface area (Å²) in [6.45, 7) is 8.14. The Hall–Kier alpha value is -0.160. The number of hydrogen-bond acceptors (Lipinski definition) is 4. The highest BCUT2D eigenvalue weighted by atomic mass is 16.7. The topological polar surface area (TPSA) is 41.9 Å². The lowest BCUT2D eigenvalue weighted by Gasteiger charge is -2.45. The highest BCUT2D eigenvalue weighted by Crippen LogP contribution is 2.35. The van der Waals surface area contributed by atoms with Gasteiger partial charge in [-0.2, -0.15) is 0 Å². The first-order valence-corrected chi connectivity index (χ1v) is 6.75. The summed E-state index contributed by atoms with van der Waals surface area (Å²) in [6.07, 6.45) is 3.46. The Bertz CT molecular complexity index is 259. The summed E-state index contributed by atoms with van der Waals surface area (Å²) in [5, 5.41) is 9.15. The van der Waals surface area contributed by atoms with Gasteiger partial charge in [-0.25, -0.2) is 0 Å². The minimum atomic E-state index is -0.544. The van der Waals surface area contributed by atoms with Crippen LogP contribution in [0.1, 0.15) is 40.0 Å². The van der Waals surface area contributed by atoms with Crippen molar-refractivity contribution in [2.75, 3.05) is 19.8 Å². The first kappa shape index (κ1) is 13.3. The summed E-state index contributed by atoms with van der Waals surface area (Å²) in [4.78, 5) is 2.48. The lowest BCUT2D eigenvalue weighted by molar-refractivity contribution is -0.210. The third kappa shape index (κ3) is 2.65. The number of likely N-dealkylation sites (tertiary alicyclic amines) is 1. The summed E-state index contributed by atoms with van der Waals surface area (Å²) in [7, 11) is 0. The maximum atomic E-state index is 9.15. The zero-order valence-electron chi connectivity index (χ0n) is 11.2. The Morgan fingerprint density at radius 2 is 2.18 bits per heavy atom. The second-order valence-corrected chi connectivity index (χ2v) is 5.59. The molecule has 0 aromatic carbocycles. The van der Waals surface area contributed by atoms with Crippen molar-refractivity contribution in [3.05, 3.63) is 0 Å². The molecule has 2 aliphatic rings. The second kappa shape index (κ2) is 5.22. The maximum absolute atomic E-state index is 9.15. The quantitative estimate of drug-likeness (QED) is 0.813. The SMILES string of the molecule is CC(C)N1CCCCC1C1(C)OCC(CO)O1. The Morgan fingerprint density at radius 3 is 2.76 bits per heavy atom. The zero-order valence-corrected chi connectivity index (χ0v) is 11.2. The van der Waals surface area contributed by atoms with Crippen LogP contribution in [-0.2, 0) is 9.47 Å². The Kier molecular flexibility index (Phi) is 4.08. The van der Waals surface area contributed by atoms with Crippen LogP contribution in [0, 0.1) is 0 Å². The van der Waals surface area contributed by atoms with Crippen LogP contribution < -0.4 is 0 Å². The molecule has 2 fully saturated rings. The number of rotatable bonds is 3. The molecule has 100 valence electrons. The van der Waals surface area contributed by atoms with Gasteiger partial charge < -0.3 is 14.6 Å². The zero-order chi connectivity index (χ0) is 12.5. The van der Waals surface area contributed by atoms with Crippen LogP contribution in [0.3, 0.4) is 0 Å². The third-order valence-corrected chi connectivity index (χ3v) is 3.97. The predicted octanol–water partition coefficient (Wildman–Crippen LogP) is 1.37. The van der Waals surface area contributed by atoms with Crippen molar-refractivity contribution < 1.29 is 14.6 Å². The van der Waals surface area contributed by atoms with E-state index in [1.165, 1.54) is 12.8 Å². The maximum Gasteiger partial charge on any atom is 0.181 e. The van der Waals surface area contributed by atoms with Crippen molar-refractivity contribution in [2.45, 2.75) is 64.0 Å². The van der Waals surface area contributed by atoms with Gasteiger partial charge in [0.2, 0.25) is 0 Å². The van der Waals surface area contributed by atoms with Crippen LogP contribution in [0.4, 0.5) is 0 Å². The molecular weight excluding hydrogens is 218 g/mol. The van der Waals surface area contributed by atoms with E-state index in [9.17, 15) is 0 Å². The van der Waals surface area contributed by atoms with Crippen molar-refractivity contribution >= 4 is 0 Å². The van der Waals surface area contributed by atoms with Crippen molar-refractivity contribution in [1.82, 2.24) is 4.90 Å². The summed E-state index contributed by atoms with van der Waals surface area (Å²) in [5.41, 5.74) is 0. The van der Waals surface area contributed by atoms with Gasteiger partial charge in [-0.05, 0) is 40.2 Å². The number of hydrogen-bond donors (Lipinski definition) is 1. The standard InChI is InChI=1S/C13H25NO3/c1-10(2)14-7-5-4-6-12(14)13(3)16-9-11(8-15)17-13/h10-12,15H,4-9H2,1-3H3. The van der Waals surface area contributed by atoms with Gasteiger partial charge in [0.1, 0.15) is 6.10 Å². The predicted molar refractivity (Wildman–Crippen MR) is 65.8 cm³/mol. The molecule has 2 aliphatic heterocycles. The number of aliphatic hydroxyl groups excluding tert-OH is 1. The van der Waals surface area contributed by atoms with Crippen molar-refractivity contribution in [1.29, 1.82) is 0 Å². The molecule has 3 unspecified atom stereocenters. The average Bonchev–Trinajstić information content (AvgIpc) is 2.72. The van der Waals surface area contributed by atoms with Gasteiger partial charge in [0.25, 0.3) is 0 Å². The van der Waals surface area contributed by atoms with Gasteiger partial charge in [-0.1, -0.05) is 6.42 Å². The summed E-state index contributed by atoms with van der Waals surface area (Å²) in [6, 6.07) is 0.824. The monoisotopic (exact) mass is 243 g/mol. The average molecular weight is 243 g/mol. The fourth-order valence-corrected chi connectivity index (χ4v) is 3.06. The first-order valence-electron chi connectivity index (χ1n) is 6.75. The second-order valence-electron chi connectivity index (χ2n) is 5.59. The third-order valence-electron chi connectivity index (χ3n) is 3.97. The molecule has 2 rings (SSSR count). The smallest absolute Gasteiger partial charge is 0.181 e. The van der Waals surface area contributed by atoms with Crippen molar-refractivity contribution in [3.63, 3.8) is 0 Å². The van der Waals surface area contributed by atoms with Crippen LogP contribution in [0.15, 0.2) is 0 Å². The highest BCUT2D eigenvalue weighted by molar-refractivity contribution is 4.92. The molecule has 4 heteroatoms. The summed E-state index contributed by atoms with van der Waals surface area (Å²) < 4.78 is 11.7. The van der Waals surface area contributed by atoms with E-state index in [-0.39, 0.29) is 12.7 Å². The van der Waals surface area contributed by atoms with Gasteiger partial charge >= 0.3 is 0 Å². The van der Waals surface area contributed by atoms with Gasteiger partial charge in [-0.15, -0.1) is 0 Å². The minimum absolute atomic E-state index is 0.0456. The number of ether oxygens (including phenoxy) is 2. The highest BCUT2D eigenvalue weighted by Gasteiger charge is 2.47. The van der Waals surface area contributed by atoms with E-state index in [1.54, 1.807) is 0 Å². The molecule has 0 aromatic rings. The summed E-state index contributed by atoms with van der Waals surface area (Å²) >= 11 is 0. The van der Waals surface area contributed by atoms with Crippen LogP contribution in [0.2, 0.25) is 0 Å². The van der Waals surface area contributed by atoms with Crippen molar-refractivity contribution in [2.24, 2.45) is 0 Å². The molecule has 0 aromatic heterocycles. The Labute approximate surface area is 104 Å². The summed E-state index contributed by atoms with van der Waals surface area (Å²) in [5.74, 6) is -0.544. The molecule has 4 nitrogen and oxygen atoms in total. The van der Waals surface area contributed by atoms with Gasteiger partial charge in [0, 0.05) is 6.04 Å². The molecule has 0 bridgehead atoms. The molecular formula is C13H25NO3. The van der Waals surface area contributed by atoms with E-state index in [2.05, 4.69) is 18.7 Å². The van der Waals surface area contributed by atoms with Crippen LogP contribution in [-0.4, -0.2) is 53.7 Å². The van der Waals surface area contributed by atoms with Crippen LogP contribution in [0.5, 0.6) is 0 Å². The number of piperidine rings is 1. The molecule has 0 amide bonds. The molecule has 0 aliphatic carbocycles. The molecule has 0 spiro atoms. The molecule has 2 heterocycles. The van der Waals surface area contributed by atoms with Crippen LogP contribution in [0.25, 0.3) is 0 Å². The van der Waals surface area contributed by atoms with E-state index in [4.69, 9.17) is 14.6 Å². The Morgan fingerprint density at radius 1 is 1.41 bits per heavy atom. The minimum Gasteiger partial charge on any atom is -0.394 e. The van der Waals surface area contributed by atoms with E-state index in [0.29, 0.717) is 18.7 Å². The van der Waals surface area contributed by atoms with Gasteiger partial charge in [0.05, 0.1) is 19.3 Å². The number of aliphatic hydroxyl groups is 1. The normalized spacial score (nSPS) is 40.1. The van der Waals surface area contributed by atoms with E-state index < -0.39 is 5.79 Å². The molecule has 1 N–H and O–H groups in total. The van der Waals surface area contributed by atoms with Gasteiger partial charge in [-0.3, -0.25) is 4.90 Å². The fraction of sp³-hybridized carbons (Fsp3) is 1.00. The lowest BCUT2D eigenvalue weighted by Crippen LogP contribution is -2.56. The molecule has 0 radical (unpaired) electrons. The van der Waals surface area contributed by atoms with E-state index in [0.717, 1.165) is 13.0 Å². The molecule has 3 atom stereocenters. The van der Waals surface area contributed by atoms with Crippen molar-refractivity contribution in [3.8, 4) is 0 Å².